The first-order valence-corrected chi connectivity index (χ1v) is 9.82. The van der Waals surface area contributed by atoms with E-state index in [0.717, 1.165) is 22.2 Å². The zero-order valence-electron chi connectivity index (χ0n) is 16.6. The van der Waals surface area contributed by atoms with E-state index in [2.05, 4.69) is 10.3 Å². The van der Waals surface area contributed by atoms with Gasteiger partial charge in [0.25, 0.3) is 0 Å². The third kappa shape index (κ3) is 3.96. The van der Waals surface area contributed by atoms with Crippen LogP contribution >= 0.6 is 0 Å². The summed E-state index contributed by atoms with van der Waals surface area (Å²) in [6.45, 7) is 2.12. The quantitative estimate of drug-likeness (QED) is 0.430. The summed E-state index contributed by atoms with van der Waals surface area (Å²) in [5.41, 5.74) is 3.60. The number of fused-ring (bicyclic) bond motifs is 1. The number of anilines is 1. The first-order chi connectivity index (χ1) is 14.7. The summed E-state index contributed by atoms with van der Waals surface area (Å²) < 4.78 is 5.04. The van der Waals surface area contributed by atoms with Crippen molar-refractivity contribution >= 4 is 22.6 Å². The Kier molecular flexibility index (Phi) is 5.61. The van der Waals surface area contributed by atoms with Gasteiger partial charge in [-0.05, 0) is 42.8 Å². The molecule has 0 fully saturated rings. The van der Waals surface area contributed by atoms with Gasteiger partial charge in [-0.15, -0.1) is 0 Å². The number of aromatic hydroxyl groups is 1. The highest BCUT2D eigenvalue weighted by Gasteiger charge is 2.20. The van der Waals surface area contributed by atoms with Crippen LogP contribution in [0.1, 0.15) is 34.5 Å². The maximum absolute atomic E-state index is 11.9. The minimum atomic E-state index is -0.345. The van der Waals surface area contributed by atoms with Crippen molar-refractivity contribution in [3.63, 3.8) is 0 Å². The molecule has 0 saturated carbocycles. The third-order valence-corrected chi connectivity index (χ3v) is 4.93. The minimum absolute atomic E-state index is 0.151. The van der Waals surface area contributed by atoms with Crippen LogP contribution < -0.4 is 5.32 Å². The lowest BCUT2D eigenvalue weighted by Gasteiger charge is -2.22. The molecule has 4 rings (SSSR count). The molecule has 2 N–H and O–H groups in total. The van der Waals surface area contributed by atoms with Crippen molar-refractivity contribution in [2.75, 3.05) is 11.9 Å². The maximum Gasteiger partial charge on any atom is 0.338 e. The average molecular weight is 398 g/mol. The van der Waals surface area contributed by atoms with Crippen LogP contribution in [-0.4, -0.2) is 22.7 Å². The van der Waals surface area contributed by atoms with Crippen LogP contribution in [0.15, 0.2) is 85.1 Å². The van der Waals surface area contributed by atoms with Gasteiger partial charge < -0.3 is 15.2 Å². The van der Waals surface area contributed by atoms with E-state index < -0.39 is 0 Å². The van der Waals surface area contributed by atoms with Crippen molar-refractivity contribution in [1.82, 2.24) is 4.98 Å². The molecule has 0 spiro atoms. The molecule has 5 heteroatoms. The molecule has 0 aliphatic carbocycles. The number of carbonyl (C=O) groups is 1. The summed E-state index contributed by atoms with van der Waals surface area (Å²) in [7, 11) is 0. The Morgan fingerprint density at radius 2 is 1.77 bits per heavy atom. The topological polar surface area (TPSA) is 71.5 Å². The molecule has 3 aromatic carbocycles. The highest BCUT2D eigenvalue weighted by atomic mass is 16.5. The van der Waals surface area contributed by atoms with Gasteiger partial charge in [0, 0.05) is 22.8 Å². The molecule has 1 aromatic heterocycles. The van der Waals surface area contributed by atoms with Crippen molar-refractivity contribution < 1.29 is 14.6 Å². The Bertz CT molecular complexity index is 1160. The number of phenolic OH excluding ortho intramolecular Hbond substituents is 1. The lowest BCUT2D eigenvalue weighted by atomic mass is 9.96. The van der Waals surface area contributed by atoms with Gasteiger partial charge in [-0.2, -0.15) is 0 Å². The van der Waals surface area contributed by atoms with Gasteiger partial charge >= 0.3 is 5.97 Å². The fourth-order valence-electron chi connectivity index (χ4n) is 3.45. The SMILES string of the molecule is CCOC(=O)c1ccc(N[C@H](c2ccccc2)c2ccc3cccnc3c2O)cc1. The van der Waals surface area contributed by atoms with E-state index in [9.17, 15) is 9.90 Å². The van der Waals surface area contributed by atoms with Crippen molar-refractivity contribution in [2.45, 2.75) is 13.0 Å². The summed E-state index contributed by atoms with van der Waals surface area (Å²) in [6.07, 6.45) is 1.67. The second-order valence-electron chi connectivity index (χ2n) is 6.86. The molecule has 1 atom stereocenters. The Morgan fingerprint density at radius 1 is 1.00 bits per heavy atom. The van der Waals surface area contributed by atoms with Crippen LogP contribution in [0.4, 0.5) is 5.69 Å². The van der Waals surface area contributed by atoms with E-state index in [1.807, 2.05) is 66.7 Å². The second kappa shape index (κ2) is 8.66. The zero-order valence-corrected chi connectivity index (χ0v) is 16.6. The molecule has 0 radical (unpaired) electrons. The number of nitrogens with zero attached hydrogens (tertiary/aromatic N) is 1. The Hall–Kier alpha value is -3.86. The molecule has 0 bridgehead atoms. The smallest absolute Gasteiger partial charge is 0.338 e. The van der Waals surface area contributed by atoms with Crippen LogP contribution in [-0.2, 0) is 4.74 Å². The van der Waals surface area contributed by atoms with E-state index >= 15 is 0 Å². The predicted molar refractivity (Wildman–Crippen MR) is 118 cm³/mol. The molecule has 0 saturated heterocycles. The van der Waals surface area contributed by atoms with Gasteiger partial charge in [0.15, 0.2) is 0 Å². The first-order valence-electron chi connectivity index (χ1n) is 9.82. The van der Waals surface area contributed by atoms with E-state index in [-0.39, 0.29) is 17.8 Å². The largest absolute Gasteiger partial charge is 0.505 e. The van der Waals surface area contributed by atoms with Gasteiger partial charge in [-0.25, -0.2) is 4.79 Å². The highest BCUT2D eigenvalue weighted by Crippen LogP contribution is 2.36. The summed E-state index contributed by atoms with van der Waals surface area (Å²) >= 11 is 0. The third-order valence-electron chi connectivity index (χ3n) is 4.93. The minimum Gasteiger partial charge on any atom is -0.505 e. The monoisotopic (exact) mass is 398 g/mol. The van der Waals surface area contributed by atoms with Crippen LogP contribution in [0.25, 0.3) is 10.9 Å². The summed E-state index contributed by atoms with van der Waals surface area (Å²) in [5, 5.41) is 15.3. The number of aromatic nitrogens is 1. The van der Waals surface area contributed by atoms with Gasteiger partial charge in [0.1, 0.15) is 11.3 Å². The number of carbonyl (C=O) groups excluding carboxylic acids is 1. The Balaban J connectivity index is 1.72. The molecule has 0 unspecified atom stereocenters. The predicted octanol–water partition coefficient (Wildman–Crippen LogP) is 5.32. The number of ether oxygens (including phenoxy) is 1. The number of hydrogen-bond acceptors (Lipinski definition) is 5. The van der Waals surface area contributed by atoms with Gasteiger partial charge in [0.05, 0.1) is 18.2 Å². The lowest BCUT2D eigenvalue weighted by Crippen LogP contribution is -2.13. The van der Waals surface area contributed by atoms with Crippen molar-refractivity contribution in [1.29, 1.82) is 0 Å². The van der Waals surface area contributed by atoms with Crippen LogP contribution in [0, 0.1) is 0 Å². The molecule has 0 amide bonds. The van der Waals surface area contributed by atoms with E-state index in [1.165, 1.54) is 0 Å². The molecule has 30 heavy (non-hydrogen) atoms. The molecule has 0 aliphatic heterocycles. The molecule has 5 nitrogen and oxygen atoms in total. The van der Waals surface area contributed by atoms with Gasteiger partial charge in [-0.1, -0.05) is 48.5 Å². The number of nitrogens with one attached hydrogen (secondary N) is 1. The molecule has 0 aliphatic rings. The van der Waals surface area contributed by atoms with Crippen LogP contribution in [0.3, 0.4) is 0 Å². The molecular formula is C25H22N2O3. The van der Waals surface area contributed by atoms with Gasteiger partial charge in [-0.3, -0.25) is 4.98 Å². The standard InChI is InChI=1S/C25H22N2O3/c1-2-30-25(29)19-10-13-20(14-11-19)27-22(17-7-4-3-5-8-17)21-15-12-18-9-6-16-26-23(18)24(21)28/h3-16,22,27-28H,2H2,1H3/t22-/m1/s1. The number of rotatable bonds is 6. The second-order valence-corrected chi connectivity index (χ2v) is 6.86. The Morgan fingerprint density at radius 3 is 2.50 bits per heavy atom. The van der Waals surface area contributed by atoms with E-state index in [4.69, 9.17) is 4.74 Å². The van der Waals surface area contributed by atoms with E-state index in [0.29, 0.717) is 17.7 Å². The summed E-state index contributed by atoms with van der Waals surface area (Å²) in [6, 6.07) is 24.3. The average Bonchev–Trinajstić information content (AvgIpc) is 2.79. The van der Waals surface area contributed by atoms with Crippen molar-refractivity contribution in [2.24, 2.45) is 0 Å². The number of esters is 1. The Labute approximate surface area is 175 Å². The number of pyridine rings is 1. The molecular weight excluding hydrogens is 376 g/mol. The van der Waals surface area contributed by atoms with Crippen LogP contribution in [0.2, 0.25) is 0 Å². The number of phenols is 1. The number of hydrogen-bond donors (Lipinski definition) is 2. The summed E-state index contributed by atoms with van der Waals surface area (Å²) in [4.78, 5) is 16.3. The molecule has 1 heterocycles. The van der Waals surface area contributed by atoms with Crippen molar-refractivity contribution in [3.05, 3.63) is 102 Å². The van der Waals surface area contributed by atoms with Crippen LogP contribution in [0.5, 0.6) is 5.75 Å². The first kappa shape index (κ1) is 19.5. The highest BCUT2D eigenvalue weighted by molar-refractivity contribution is 5.90. The van der Waals surface area contributed by atoms with Crippen molar-refractivity contribution in [3.8, 4) is 5.75 Å². The van der Waals surface area contributed by atoms with E-state index in [1.54, 1.807) is 25.3 Å². The zero-order chi connectivity index (χ0) is 20.9. The number of benzene rings is 3. The summed E-state index contributed by atoms with van der Waals surface area (Å²) in [5.74, 6) is -0.195. The fraction of sp³-hybridized carbons (Fsp3) is 0.120. The normalized spacial score (nSPS) is 11.8. The molecule has 150 valence electrons. The maximum atomic E-state index is 11.9. The van der Waals surface area contributed by atoms with Gasteiger partial charge in [0.2, 0.25) is 0 Å². The lowest BCUT2D eigenvalue weighted by molar-refractivity contribution is 0.0526. The molecule has 4 aromatic rings. The fourth-order valence-corrected chi connectivity index (χ4v) is 3.45.